The standard InChI is InChI=1S/C21H17F3N2O/c1-14-7-2-4-11-18(14)26-20(27)17-10-3-5-12-19(17)25-16-9-6-8-15(13-16)21(22,23)24/h2-13,25H,1H3,(H,26,27). The number of carbonyl (C=O) groups is 1. The molecule has 0 heterocycles. The summed E-state index contributed by atoms with van der Waals surface area (Å²) in [6.07, 6.45) is -4.43. The number of carbonyl (C=O) groups excluding carboxylic acids is 1. The zero-order valence-corrected chi connectivity index (χ0v) is 14.5. The lowest BCUT2D eigenvalue weighted by Crippen LogP contribution is -2.14. The van der Waals surface area contributed by atoms with Crippen LogP contribution in [0.5, 0.6) is 0 Å². The third-order valence-electron chi connectivity index (χ3n) is 4.03. The van der Waals surface area contributed by atoms with E-state index in [9.17, 15) is 18.0 Å². The van der Waals surface area contributed by atoms with Gasteiger partial charge in [-0.15, -0.1) is 0 Å². The average molecular weight is 370 g/mol. The number of alkyl halides is 3. The summed E-state index contributed by atoms with van der Waals surface area (Å²) in [7, 11) is 0. The lowest BCUT2D eigenvalue weighted by Gasteiger charge is -2.14. The van der Waals surface area contributed by atoms with Crippen LogP contribution in [0.1, 0.15) is 21.5 Å². The van der Waals surface area contributed by atoms with Crippen LogP contribution in [0.2, 0.25) is 0 Å². The molecule has 0 radical (unpaired) electrons. The van der Waals surface area contributed by atoms with E-state index >= 15 is 0 Å². The molecule has 0 aliphatic carbocycles. The molecule has 138 valence electrons. The molecule has 3 rings (SSSR count). The molecule has 6 heteroatoms. The predicted octanol–water partition coefficient (Wildman–Crippen LogP) is 6.01. The van der Waals surface area contributed by atoms with Gasteiger partial charge in [0, 0.05) is 11.4 Å². The SMILES string of the molecule is Cc1ccccc1NC(=O)c1ccccc1Nc1cccc(C(F)(F)F)c1. The minimum atomic E-state index is -4.43. The molecule has 1 amide bonds. The fourth-order valence-electron chi connectivity index (χ4n) is 2.62. The van der Waals surface area contributed by atoms with Crippen molar-refractivity contribution in [3.8, 4) is 0 Å². The van der Waals surface area contributed by atoms with Crippen LogP contribution in [0.3, 0.4) is 0 Å². The fraction of sp³-hybridized carbons (Fsp3) is 0.0952. The largest absolute Gasteiger partial charge is 0.416 e. The highest BCUT2D eigenvalue weighted by Gasteiger charge is 2.30. The number of para-hydroxylation sites is 2. The van der Waals surface area contributed by atoms with Gasteiger partial charge in [-0.25, -0.2) is 0 Å². The second-order valence-corrected chi connectivity index (χ2v) is 6.02. The third kappa shape index (κ3) is 4.47. The first-order chi connectivity index (χ1) is 12.8. The zero-order valence-electron chi connectivity index (χ0n) is 14.5. The Morgan fingerprint density at radius 3 is 2.22 bits per heavy atom. The molecule has 0 bridgehead atoms. The molecule has 27 heavy (non-hydrogen) atoms. The normalized spacial score (nSPS) is 11.1. The average Bonchev–Trinajstić information content (AvgIpc) is 2.63. The van der Waals surface area contributed by atoms with Crippen molar-refractivity contribution in [3.05, 3.63) is 89.5 Å². The Morgan fingerprint density at radius 1 is 0.852 bits per heavy atom. The maximum absolute atomic E-state index is 12.9. The van der Waals surface area contributed by atoms with Gasteiger partial charge in [-0.05, 0) is 48.9 Å². The van der Waals surface area contributed by atoms with Gasteiger partial charge < -0.3 is 10.6 Å². The van der Waals surface area contributed by atoms with E-state index in [-0.39, 0.29) is 11.6 Å². The summed E-state index contributed by atoms with van der Waals surface area (Å²) >= 11 is 0. The van der Waals surface area contributed by atoms with Crippen molar-refractivity contribution < 1.29 is 18.0 Å². The molecular formula is C21H17F3N2O. The molecule has 0 aliphatic heterocycles. The first kappa shape index (κ1) is 18.5. The molecule has 0 saturated heterocycles. The Morgan fingerprint density at radius 2 is 1.52 bits per heavy atom. The van der Waals surface area contributed by atoms with Gasteiger partial charge in [-0.1, -0.05) is 36.4 Å². The van der Waals surface area contributed by atoms with E-state index in [4.69, 9.17) is 0 Å². The number of hydrogen-bond donors (Lipinski definition) is 2. The fourth-order valence-corrected chi connectivity index (χ4v) is 2.62. The minimum Gasteiger partial charge on any atom is -0.355 e. The van der Waals surface area contributed by atoms with Crippen LogP contribution < -0.4 is 10.6 Å². The second-order valence-electron chi connectivity index (χ2n) is 6.02. The summed E-state index contributed by atoms with van der Waals surface area (Å²) < 4.78 is 38.7. The third-order valence-corrected chi connectivity index (χ3v) is 4.03. The van der Waals surface area contributed by atoms with E-state index in [1.807, 2.05) is 25.1 Å². The van der Waals surface area contributed by atoms with Gasteiger partial charge in [0.05, 0.1) is 16.8 Å². The number of rotatable bonds is 4. The summed E-state index contributed by atoms with van der Waals surface area (Å²) in [5, 5.41) is 5.73. The Bertz CT molecular complexity index is 967. The number of anilines is 3. The highest BCUT2D eigenvalue weighted by atomic mass is 19.4. The van der Waals surface area contributed by atoms with Crippen LogP contribution >= 0.6 is 0 Å². The second kappa shape index (κ2) is 7.53. The van der Waals surface area contributed by atoms with E-state index < -0.39 is 11.7 Å². The predicted molar refractivity (Wildman–Crippen MR) is 100 cm³/mol. The lowest BCUT2D eigenvalue weighted by molar-refractivity contribution is -0.137. The highest BCUT2D eigenvalue weighted by molar-refractivity contribution is 6.08. The van der Waals surface area contributed by atoms with Crippen LogP contribution in [-0.4, -0.2) is 5.91 Å². The van der Waals surface area contributed by atoms with E-state index in [1.165, 1.54) is 12.1 Å². The van der Waals surface area contributed by atoms with E-state index in [1.54, 1.807) is 30.3 Å². The van der Waals surface area contributed by atoms with Crippen LogP contribution in [0, 0.1) is 6.92 Å². The molecule has 0 spiro atoms. The van der Waals surface area contributed by atoms with Crippen molar-refractivity contribution >= 4 is 23.0 Å². The van der Waals surface area contributed by atoms with Gasteiger partial charge >= 0.3 is 6.18 Å². The summed E-state index contributed by atoms with van der Waals surface area (Å²) in [4.78, 5) is 12.7. The molecular weight excluding hydrogens is 353 g/mol. The number of nitrogens with one attached hydrogen (secondary N) is 2. The summed E-state index contributed by atoms with van der Waals surface area (Å²) in [6.45, 7) is 1.88. The maximum Gasteiger partial charge on any atom is 0.416 e. The van der Waals surface area contributed by atoms with Gasteiger partial charge in [0.15, 0.2) is 0 Å². The van der Waals surface area contributed by atoms with E-state index in [0.717, 1.165) is 17.7 Å². The van der Waals surface area contributed by atoms with E-state index in [0.29, 0.717) is 16.9 Å². The summed E-state index contributed by atoms with van der Waals surface area (Å²) in [6, 6.07) is 18.9. The quantitative estimate of drug-likeness (QED) is 0.590. The minimum absolute atomic E-state index is 0.251. The first-order valence-corrected chi connectivity index (χ1v) is 8.25. The Kier molecular flexibility index (Phi) is 5.16. The molecule has 0 fully saturated rings. The number of halogens is 3. The molecule has 3 aromatic carbocycles. The Hall–Kier alpha value is -3.28. The molecule has 3 aromatic rings. The number of amides is 1. The van der Waals surface area contributed by atoms with Crippen molar-refractivity contribution in [3.63, 3.8) is 0 Å². The molecule has 0 saturated carbocycles. The van der Waals surface area contributed by atoms with Crippen molar-refractivity contribution in [2.75, 3.05) is 10.6 Å². The summed E-state index contributed by atoms with van der Waals surface area (Å²) in [5.74, 6) is -0.348. The maximum atomic E-state index is 12.9. The van der Waals surface area contributed by atoms with E-state index in [2.05, 4.69) is 10.6 Å². The number of aryl methyl sites for hydroxylation is 1. The number of benzene rings is 3. The molecule has 2 N–H and O–H groups in total. The van der Waals surface area contributed by atoms with Crippen molar-refractivity contribution in [1.82, 2.24) is 0 Å². The van der Waals surface area contributed by atoms with Crippen molar-refractivity contribution in [2.24, 2.45) is 0 Å². The first-order valence-electron chi connectivity index (χ1n) is 8.25. The van der Waals surface area contributed by atoms with Gasteiger partial charge in [0.1, 0.15) is 0 Å². The van der Waals surface area contributed by atoms with Gasteiger partial charge in [0.25, 0.3) is 5.91 Å². The van der Waals surface area contributed by atoms with Gasteiger partial charge in [-0.3, -0.25) is 4.79 Å². The van der Waals surface area contributed by atoms with Crippen LogP contribution in [-0.2, 0) is 6.18 Å². The zero-order chi connectivity index (χ0) is 19.4. The topological polar surface area (TPSA) is 41.1 Å². The number of hydrogen-bond acceptors (Lipinski definition) is 2. The summed E-state index contributed by atoms with van der Waals surface area (Å²) in [5.41, 5.74) is 1.84. The Balaban J connectivity index is 1.86. The molecule has 0 unspecified atom stereocenters. The molecule has 0 atom stereocenters. The molecule has 0 aromatic heterocycles. The van der Waals surface area contributed by atoms with Gasteiger partial charge in [-0.2, -0.15) is 13.2 Å². The van der Waals surface area contributed by atoms with Crippen molar-refractivity contribution in [1.29, 1.82) is 0 Å². The lowest BCUT2D eigenvalue weighted by atomic mass is 10.1. The van der Waals surface area contributed by atoms with Crippen LogP contribution in [0.25, 0.3) is 0 Å². The van der Waals surface area contributed by atoms with Crippen LogP contribution in [0.15, 0.2) is 72.8 Å². The smallest absolute Gasteiger partial charge is 0.355 e. The van der Waals surface area contributed by atoms with Crippen molar-refractivity contribution in [2.45, 2.75) is 13.1 Å². The highest BCUT2D eigenvalue weighted by Crippen LogP contribution is 2.32. The molecule has 0 aliphatic rings. The van der Waals surface area contributed by atoms with Gasteiger partial charge in [0.2, 0.25) is 0 Å². The molecule has 3 nitrogen and oxygen atoms in total. The Labute approximate surface area is 154 Å². The monoisotopic (exact) mass is 370 g/mol. The van der Waals surface area contributed by atoms with Crippen LogP contribution in [0.4, 0.5) is 30.2 Å².